The third-order valence-electron chi connectivity index (χ3n) is 3.90. The van der Waals surface area contributed by atoms with E-state index >= 15 is 0 Å². The van der Waals surface area contributed by atoms with Crippen LogP contribution in [0.3, 0.4) is 0 Å². The van der Waals surface area contributed by atoms with Gasteiger partial charge in [0, 0.05) is 12.3 Å². The SMILES string of the molecule is O=c1ccn([C@H]2O[C@@H](CO)[C@H](OCc3ccccc3)[C@@H]2O)c(=O)[nH]1. The molecule has 8 heteroatoms. The van der Waals surface area contributed by atoms with Crippen molar-refractivity contribution in [2.45, 2.75) is 31.1 Å². The zero-order valence-electron chi connectivity index (χ0n) is 12.7. The van der Waals surface area contributed by atoms with Crippen LogP contribution in [0.5, 0.6) is 0 Å². The number of hydrogen-bond donors (Lipinski definition) is 3. The molecule has 0 amide bonds. The quantitative estimate of drug-likeness (QED) is 0.671. The molecule has 2 aromatic rings. The van der Waals surface area contributed by atoms with Crippen molar-refractivity contribution in [2.24, 2.45) is 0 Å². The van der Waals surface area contributed by atoms with Crippen LogP contribution >= 0.6 is 0 Å². The summed E-state index contributed by atoms with van der Waals surface area (Å²) in [5, 5.41) is 19.9. The summed E-state index contributed by atoms with van der Waals surface area (Å²) in [4.78, 5) is 25.1. The van der Waals surface area contributed by atoms with Gasteiger partial charge < -0.3 is 19.7 Å². The number of hydrogen-bond acceptors (Lipinski definition) is 6. The lowest BCUT2D eigenvalue weighted by Gasteiger charge is -2.20. The second-order valence-electron chi connectivity index (χ2n) is 5.52. The number of nitrogens with zero attached hydrogens (tertiary/aromatic N) is 1. The zero-order valence-corrected chi connectivity index (χ0v) is 12.7. The average molecular weight is 334 g/mol. The number of aromatic nitrogens is 2. The van der Waals surface area contributed by atoms with Crippen LogP contribution in [0.4, 0.5) is 0 Å². The summed E-state index contributed by atoms with van der Waals surface area (Å²) in [6.07, 6.45) is -2.57. The Morgan fingerprint density at radius 2 is 1.96 bits per heavy atom. The van der Waals surface area contributed by atoms with Crippen molar-refractivity contribution in [1.82, 2.24) is 9.55 Å². The number of aliphatic hydroxyl groups excluding tert-OH is 2. The van der Waals surface area contributed by atoms with Gasteiger partial charge in [0.25, 0.3) is 5.56 Å². The van der Waals surface area contributed by atoms with Gasteiger partial charge in [-0.05, 0) is 5.56 Å². The molecule has 8 nitrogen and oxygen atoms in total. The lowest BCUT2D eigenvalue weighted by molar-refractivity contribution is -0.0661. The van der Waals surface area contributed by atoms with E-state index in [1.165, 1.54) is 6.20 Å². The maximum Gasteiger partial charge on any atom is 0.330 e. The molecule has 0 aliphatic carbocycles. The Hall–Kier alpha value is -2.26. The number of H-pyrrole nitrogens is 1. The molecule has 1 aliphatic heterocycles. The van der Waals surface area contributed by atoms with Gasteiger partial charge in [-0.25, -0.2) is 4.79 Å². The summed E-state index contributed by atoms with van der Waals surface area (Å²) in [7, 11) is 0. The molecule has 0 saturated carbocycles. The fourth-order valence-electron chi connectivity index (χ4n) is 2.70. The summed E-state index contributed by atoms with van der Waals surface area (Å²) in [6.45, 7) is -0.138. The third kappa shape index (κ3) is 3.31. The molecule has 1 saturated heterocycles. The molecule has 0 bridgehead atoms. The molecular weight excluding hydrogens is 316 g/mol. The fourth-order valence-corrected chi connectivity index (χ4v) is 2.70. The Morgan fingerprint density at radius 1 is 1.21 bits per heavy atom. The predicted molar refractivity (Wildman–Crippen MR) is 83.3 cm³/mol. The molecule has 4 atom stereocenters. The molecule has 3 N–H and O–H groups in total. The van der Waals surface area contributed by atoms with Crippen LogP contribution in [0.1, 0.15) is 11.8 Å². The lowest BCUT2D eigenvalue weighted by Crippen LogP contribution is -2.38. The van der Waals surface area contributed by atoms with E-state index in [0.717, 1.165) is 16.2 Å². The van der Waals surface area contributed by atoms with Crippen LogP contribution in [0.2, 0.25) is 0 Å². The van der Waals surface area contributed by atoms with Gasteiger partial charge in [-0.15, -0.1) is 0 Å². The molecule has 1 aromatic carbocycles. The third-order valence-corrected chi connectivity index (χ3v) is 3.90. The Balaban J connectivity index is 1.78. The molecule has 0 unspecified atom stereocenters. The van der Waals surface area contributed by atoms with Gasteiger partial charge in [-0.2, -0.15) is 0 Å². The Bertz CT molecular complexity index is 787. The summed E-state index contributed by atoms with van der Waals surface area (Å²) in [6, 6.07) is 10.5. The van der Waals surface area contributed by atoms with Crippen LogP contribution < -0.4 is 11.2 Å². The van der Waals surface area contributed by atoms with E-state index in [1.54, 1.807) is 0 Å². The van der Waals surface area contributed by atoms with E-state index in [9.17, 15) is 19.8 Å². The highest BCUT2D eigenvalue weighted by molar-refractivity contribution is 5.13. The highest BCUT2D eigenvalue weighted by Gasteiger charge is 2.45. The van der Waals surface area contributed by atoms with Crippen molar-refractivity contribution in [1.29, 1.82) is 0 Å². The lowest BCUT2D eigenvalue weighted by atomic mass is 10.1. The fraction of sp³-hybridized carbons (Fsp3) is 0.375. The van der Waals surface area contributed by atoms with Crippen LogP contribution in [-0.4, -0.2) is 44.7 Å². The Kier molecular flexibility index (Phi) is 4.91. The largest absolute Gasteiger partial charge is 0.394 e. The first-order chi connectivity index (χ1) is 11.6. The summed E-state index contributed by atoms with van der Waals surface area (Å²) in [5.41, 5.74) is -0.336. The monoisotopic (exact) mass is 334 g/mol. The minimum absolute atomic E-state index is 0.232. The minimum Gasteiger partial charge on any atom is -0.394 e. The average Bonchev–Trinajstić information content (AvgIpc) is 2.90. The van der Waals surface area contributed by atoms with Gasteiger partial charge in [-0.3, -0.25) is 14.3 Å². The molecular formula is C16H18N2O6. The highest BCUT2D eigenvalue weighted by Crippen LogP contribution is 2.30. The van der Waals surface area contributed by atoms with E-state index < -0.39 is 35.8 Å². The van der Waals surface area contributed by atoms with Gasteiger partial charge in [0.15, 0.2) is 6.23 Å². The number of benzene rings is 1. The Morgan fingerprint density at radius 3 is 2.62 bits per heavy atom. The number of nitrogens with one attached hydrogen (secondary N) is 1. The Labute approximate surface area is 136 Å². The normalized spacial score (nSPS) is 26.6. The molecule has 1 aromatic heterocycles. The van der Waals surface area contributed by atoms with Gasteiger partial charge in [0.2, 0.25) is 0 Å². The number of ether oxygens (including phenoxy) is 2. The first kappa shape index (κ1) is 16.6. The zero-order chi connectivity index (χ0) is 17.1. The van der Waals surface area contributed by atoms with Crippen molar-refractivity contribution < 1.29 is 19.7 Å². The highest BCUT2D eigenvalue weighted by atomic mass is 16.6. The number of aromatic amines is 1. The van der Waals surface area contributed by atoms with Crippen LogP contribution in [-0.2, 0) is 16.1 Å². The molecule has 24 heavy (non-hydrogen) atoms. The van der Waals surface area contributed by atoms with Gasteiger partial charge in [0.05, 0.1) is 13.2 Å². The molecule has 1 aliphatic rings. The predicted octanol–water partition coefficient (Wildman–Crippen LogP) is -0.627. The molecule has 0 radical (unpaired) electrons. The minimum atomic E-state index is -1.17. The summed E-state index contributed by atoms with van der Waals surface area (Å²) < 4.78 is 12.3. The van der Waals surface area contributed by atoms with Gasteiger partial charge >= 0.3 is 5.69 Å². The van der Waals surface area contributed by atoms with E-state index in [-0.39, 0.29) is 13.2 Å². The van der Waals surface area contributed by atoms with Crippen molar-refractivity contribution in [3.05, 3.63) is 69.0 Å². The van der Waals surface area contributed by atoms with E-state index in [0.29, 0.717) is 0 Å². The first-order valence-electron chi connectivity index (χ1n) is 7.51. The molecule has 0 spiro atoms. The second kappa shape index (κ2) is 7.10. The van der Waals surface area contributed by atoms with Crippen molar-refractivity contribution in [3.63, 3.8) is 0 Å². The van der Waals surface area contributed by atoms with Crippen LogP contribution in [0.15, 0.2) is 52.2 Å². The summed E-state index contributed by atoms with van der Waals surface area (Å²) >= 11 is 0. The van der Waals surface area contributed by atoms with Crippen molar-refractivity contribution >= 4 is 0 Å². The number of rotatable bonds is 5. The maximum absolute atomic E-state index is 11.9. The molecule has 3 rings (SSSR count). The standard InChI is InChI=1S/C16H18N2O6/c19-8-11-14(23-9-10-4-2-1-3-5-10)13(21)15(24-11)18-7-6-12(20)17-16(18)22/h1-7,11,13-15,19,21H,8-9H2,(H,17,20,22)/t11-,13-,14-,15-/m0/s1. The van der Waals surface area contributed by atoms with Crippen LogP contribution in [0.25, 0.3) is 0 Å². The van der Waals surface area contributed by atoms with Gasteiger partial charge in [-0.1, -0.05) is 30.3 Å². The summed E-state index contributed by atoms with van der Waals surface area (Å²) in [5.74, 6) is 0. The molecule has 1 fully saturated rings. The van der Waals surface area contributed by atoms with E-state index in [2.05, 4.69) is 4.98 Å². The van der Waals surface area contributed by atoms with Crippen LogP contribution in [0, 0.1) is 0 Å². The topological polar surface area (TPSA) is 114 Å². The van der Waals surface area contributed by atoms with Crippen molar-refractivity contribution in [2.75, 3.05) is 6.61 Å². The van der Waals surface area contributed by atoms with E-state index in [4.69, 9.17) is 9.47 Å². The first-order valence-corrected chi connectivity index (χ1v) is 7.51. The smallest absolute Gasteiger partial charge is 0.330 e. The van der Waals surface area contributed by atoms with E-state index in [1.807, 2.05) is 30.3 Å². The maximum atomic E-state index is 11.9. The van der Waals surface area contributed by atoms with Crippen molar-refractivity contribution in [3.8, 4) is 0 Å². The molecule has 2 heterocycles. The molecule has 128 valence electrons. The number of aliphatic hydroxyl groups is 2. The second-order valence-corrected chi connectivity index (χ2v) is 5.52. The van der Waals surface area contributed by atoms with Gasteiger partial charge in [0.1, 0.15) is 18.3 Å².